The van der Waals surface area contributed by atoms with Gasteiger partial charge in [-0.3, -0.25) is 4.99 Å². The number of nitrogens with one attached hydrogen (secondary N) is 1. The second kappa shape index (κ2) is 12.8. The molecule has 6 heteroatoms. The summed E-state index contributed by atoms with van der Waals surface area (Å²) in [5.41, 5.74) is -1.58. The van der Waals surface area contributed by atoms with Crippen LogP contribution in [0.4, 0.5) is 0 Å². The minimum absolute atomic E-state index is 0.260. The van der Waals surface area contributed by atoms with Crippen LogP contribution < -0.4 is 0 Å². The van der Waals surface area contributed by atoms with Gasteiger partial charge in [-0.2, -0.15) is 0 Å². The second-order valence-corrected chi connectivity index (χ2v) is 12.3. The molecule has 33 heavy (non-hydrogen) atoms. The number of hydrogen-bond acceptors (Lipinski definition) is 6. The highest BCUT2D eigenvalue weighted by molar-refractivity contribution is 6.41. The van der Waals surface area contributed by atoms with Gasteiger partial charge < -0.3 is 25.1 Å². The van der Waals surface area contributed by atoms with E-state index in [4.69, 9.17) is 19.9 Å². The molecule has 0 aromatic carbocycles. The summed E-state index contributed by atoms with van der Waals surface area (Å²) in [4.78, 5) is 5.05. The summed E-state index contributed by atoms with van der Waals surface area (Å²) < 4.78 is 12.3. The van der Waals surface area contributed by atoms with E-state index in [1.165, 1.54) is 0 Å². The topological polar surface area (TPSA) is 95.1 Å². The van der Waals surface area contributed by atoms with Gasteiger partial charge in [0.25, 0.3) is 0 Å². The first-order valence-corrected chi connectivity index (χ1v) is 12.6. The number of hydrogen-bond donors (Lipinski definition) is 3. The van der Waals surface area contributed by atoms with E-state index in [1.807, 2.05) is 20.8 Å². The summed E-state index contributed by atoms with van der Waals surface area (Å²) in [6.45, 7) is 22.5. The number of rotatable bonds is 17. The standard InChI is InChI=1S/C27H54N2O4/c1-12-14-23(3,4)29-22(20-26(9,10)32-17-15-24(5,6)30)21(28)19-27(11,13-2)33-18-16-25(7,8)31/h28,30-31H,12-20H2,1-11H3/b28-21?,29-22+. The van der Waals surface area contributed by atoms with Crippen molar-refractivity contribution in [1.29, 1.82) is 5.41 Å². The molecule has 3 N–H and O–H groups in total. The summed E-state index contributed by atoms with van der Waals surface area (Å²) in [6, 6.07) is 0. The molecule has 0 aromatic rings. The van der Waals surface area contributed by atoms with Gasteiger partial charge in [-0.1, -0.05) is 20.3 Å². The smallest absolute Gasteiger partial charge is 0.0707 e. The van der Waals surface area contributed by atoms with Gasteiger partial charge >= 0.3 is 0 Å². The molecule has 0 fully saturated rings. The van der Waals surface area contributed by atoms with Gasteiger partial charge in [0, 0.05) is 12.8 Å². The minimum Gasteiger partial charge on any atom is -0.390 e. The zero-order valence-corrected chi connectivity index (χ0v) is 23.5. The van der Waals surface area contributed by atoms with Crippen molar-refractivity contribution in [2.45, 2.75) is 149 Å². The molecule has 0 bridgehead atoms. The fourth-order valence-electron chi connectivity index (χ4n) is 3.58. The second-order valence-electron chi connectivity index (χ2n) is 12.3. The number of ether oxygens (including phenoxy) is 2. The van der Waals surface area contributed by atoms with Crippen molar-refractivity contribution >= 4 is 11.4 Å². The molecule has 1 unspecified atom stereocenters. The normalized spacial score (nSPS) is 16.1. The Labute approximate surface area is 204 Å². The summed E-state index contributed by atoms with van der Waals surface area (Å²) in [6.07, 6.45) is 4.79. The molecule has 196 valence electrons. The van der Waals surface area contributed by atoms with Crippen LogP contribution in [0, 0.1) is 5.41 Å². The third-order valence-electron chi connectivity index (χ3n) is 5.91. The van der Waals surface area contributed by atoms with Crippen molar-refractivity contribution < 1.29 is 19.7 Å². The highest BCUT2D eigenvalue weighted by Crippen LogP contribution is 2.27. The SMILES string of the molecule is CCCC(C)(C)/N=C(\CC(C)(C)OCCC(C)(C)O)C(=N)CC(C)(CC)OCCC(C)(C)O. The summed E-state index contributed by atoms with van der Waals surface area (Å²) >= 11 is 0. The molecule has 0 aliphatic rings. The van der Waals surface area contributed by atoms with Crippen molar-refractivity contribution in [1.82, 2.24) is 0 Å². The molecule has 0 aliphatic heterocycles. The maximum absolute atomic E-state index is 10.0. The van der Waals surface area contributed by atoms with E-state index >= 15 is 0 Å². The highest BCUT2D eigenvalue weighted by atomic mass is 16.5. The van der Waals surface area contributed by atoms with Gasteiger partial charge in [-0.05, 0) is 88.0 Å². The Kier molecular flexibility index (Phi) is 12.4. The molecule has 0 radical (unpaired) electrons. The Bertz CT molecular complexity index is 627. The molecule has 0 heterocycles. The molecule has 6 nitrogen and oxygen atoms in total. The predicted octanol–water partition coefficient (Wildman–Crippen LogP) is 6.11. The number of aliphatic hydroxyl groups is 2. The molecular formula is C27H54N2O4. The fourth-order valence-corrected chi connectivity index (χ4v) is 3.58. The van der Waals surface area contributed by atoms with E-state index in [1.54, 1.807) is 27.7 Å². The van der Waals surface area contributed by atoms with Crippen molar-refractivity contribution in [3.8, 4) is 0 Å². The number of nitrogens with zero attached hydrogens (tertiary/aromatic N) is 1. The van der Waals surface area contributed by atoms with Crippen molar-refractivity contribution in [2.75, 3.05) is 13.2 Å². The van der Waals surface area contributed by atoms with Gasteiger partial charge in [0.05, 0.1) is 52.6 Å². The van der Waals surface area contributed by atoms with Crippen LogP contribution in [0.3, 0.4) is 0 Å². The predicted molar refractivity (Wildman–Crippen MR) is 140 cm³/mol. The van der Waals surface area contributed by atoms with E-state index in [0.717, 1.165) is 25.0 Å². The van der Waals surface area contributed by atoms with Gasteiger partial charge in [0.1, 0.15) is 0 Å². The molecule has 1 atom stereocenters. The molecule has 0 rings (SSSR count). The maximum atomic E-state index is 10.0. The molecule has 0 spiro atoms. The third kappa shape index (κ3) is 15.7. The lowest BCUT2D eigenvalue weighted by atomic mass is 9.88. The highest BCUT2D eigenvalue weighted by Gasteiger charge is 2.31. The lowest BCUT2D eigenvalue weighted by Crippen LogP contribution is -2.39. The van der Waals surface area contributed by atoms with Crippen LogP contribution in [-0.2, 0) is 9.47 Å². The van der Waals surface area contributed by atoms with E-state index in [2.05, 4.69) is 27.7 Å². The van der Waals surface area contributed by atoms with E-state index in [-0.39, 0.29) is 5.54 Å². The zero-order chi connectivity index (χ0) is 26.1. The van der Waals surface area contributed by atoms with E-state index < -0.39 is 22.4 Å². The van der Waals surface area contributed by atoms with Crippen molar-refractivity contribution in [3.63, 3.8) is 0 Å². The monoisotopic (exact) mass is 470 g/mol. The molecular weight excluding hydrogens is 416 g/mol. The summed E-state index contributed by atoms with van der Waals surface area (Å²) in [7, 11) is 0. The maximum Gasteiger partial charge on any atom is 0.0707 e. The quantitative estimate of drug-likeness (QED) is 0.224. The van der Waals surface area contributed by atoms with Crippen LogP contribution >= 0.6 is 0 Å². The average Bonchev–Trinajstić information content (AvgIpc) is 2.58. The number of aliphatic imine (C=N–C) groups is 1. The van der Waals surface area contributed by atoms with Gasteiger partial charge in [0.15, 0.2) is 0 Å². The van der Waals surface area contributed by atoms with Gasteiger partial charge in [-0.25, -0.2) is 0 Å². The molecule has 0 saturated carbocycles. The van der Waals surface area contributed by atoms with E-state index in [9.17, 15) is 10.2 Å². The largest absolute Gasteiger partial charge is 0.390 e. The lowest BCUT2D eigenvalue weighted by molar-refractivity contribution is -0.0543. The minimum atomic E-state index is -0.774. The van der Waals surface area contributed by atoms with Crippen LogP contribution in [0.25, 0.3) is 0 Å². The van der Waals surface area contributed by atoms with Gasteiger partial charge in [0.2, 0.25) is 0 Å². The Balaban J connectivity index is 5.59. The van der Waals surface area contributed by atoms with Crippen molar-refractivity contribution in [2.24, 2.45) is 4.99 Å². The first-order valence-electron chi connectivity index (χ1n) is 12.6. The van der Waals surface area contributed by atoms with Crippen LogP contribution in [0.15, 0.2) is 4.99 Å². The molecule has 0 saturated heterocycles. The lowest BCUT2D eigenvalue weighted by Gasteiger charge is -2.33. The van der Waals surface area contributed by atoms with Gasteiger partial charge in [-0.15, -0.1) is 0 Å². The van der Waals surface area contributed by atoms with Crippen molar-refractivity contribution in [3.05, 3.63) is 0 Å². The Morgan fingerprint density at radius 3 is 1.67 bits per heavy atom. The fraction of sp³-hybridized carbons (Fsp3) is 0.926. The average molecular weight is 471 g/mol. The Morgan fingerprint density at radius 2 is 1.24 bits per heavy atom. The first-order chi connectivity index (χ1) is 14.7. The van der Waals surface area contributed by atoms with E-state index in [0.29, 0.717) is 44.6 Å². The van der Waals surface area contributed by atoms with Crippen LogP contribution in [0.2, 0.25) is 0 Å². The summed E-state index contributed by atoms with van der Waals surface area (Å²) in [5, 5.41) is 29.0. The molecule has 0 aliphatic carbocycles. The first kappa shape index (κ1) is 32.2. The molecule has 0 amide bonds. The van der Waals surface area contributed by atoms with Crippen LogP contribution in [0.5, 0.6) is 0 Å². The molecule has 0 aromatic heterocycles. The summed E-state index contributed by atoms with van der Waals surface area (Å²) in [5.74, 6) is 0. The van der Waals surface area contributed by atoms with Crippen LogP contribution in [-0.4, -0.2) is 62.8 Å². The third-order valence-corrected chi connectivity index (χ3v) is 5.91. The zero-order valence-electron chi connectivity index (χ0n) is 23.5. The van der Waals surface area contributed by atoms with Crippen LogP contribution in [0.1, 0.15) is 121 Å². The Morgan fingerprint density at radius 1 is 0.758 bits per heavy atom. The Hall–Kier alpha value is -0.820.